The normalized spacial score (nSPS) is 31.5. The van der Waals surface area contributed by atoms with Gasteiger partial charge in [-0.2, -0.15) is 0 Å². The third kappa shape index (κ3) is 2.68. The second-order valence-corrected chi connectivity index (χ2v) is 3.70. The fourth-order valence-corrected chi connectivity index (χ4v) is 1.89. The van der Waals surface area contributed by atoms with Crippen molar-refractivity contribution in [3.8, 4) is 0 Å². The van der Waals surface area contributed by atoms with Gasteiger partial charge >= 0.3 is 0 Å². The van der Waals surface area contributed by atoms with Crippen LogP contribution in [0.15, 0.2) is 0 Å². The van der Waals surface area contributed by atoms with Crippen LogP contribution < -0.4 is 0 Å². The van der Waals surface area contributed by atoms with E-state index in [2.05, 4.69) is 6.92 Å². The van der Waals surface area contributed by atoms with E-state index in [0.29, 0.717) is 5.82 Å². The van der Waals surface area contributed by atoms with Crippen LogP contribution in [0.25, 0.3) is 0 Å². The zero-order chi connectivity index (χ0) is 8.27. The van der Waals surface area contributed by atoms with Gasteiger partial charge in [-0.3, -0.25) is 0 Å². The van der Waals surface area contributed by atoms with Crippen LogP contribution in [0.1, 0.15) is 39.5 Å². The molecule has 1 fully saturated rings. The van der Waals surface area contributed by atoms with Gasteiger partial charge in [0.05, 0.1) is 5.68 Å². The lowest BCUT2D eigenvalue weighted by molar-refractivity contribution is -0.110. The molecule has 2 atom stereocenters. The summed E-state index contributed by atoms with van der Waals surface area (Å²) >= 11 is 0. The Hall–Kier alpha value is -0.265. The molecular weight excluding hydrogens is 135 g/mol. The number of rotatable bonds is 2. The first kappa shape index (κ1) is 8.83. The van der Waals surface area contributed by atoms with Crippen molar-refractivity contribution >= 4 is 13.0 Å². The molecule has 0 spiro atoms. The Balaban J connectivity index is 2.35. The summed E-state index contributed by atoms with van der Waals surface area (Å²) < 4.78 is 0. The first-order valence-electron chi connectivity index (χ1n) is 4.55. The number of carbonyl (C=O) groups is 1. The molecule has 11 heavy (non-hydrogen) atoms. The number of hydrogen-bond donors (Lipinski definition) is 0. The van der Waals surface area contributed by atoms with E-state index in [0.717, 1.165) is 5.92 Å². The lowest BCUT2D eigenvalue weighted by Crippen LogP contribution is -2.21. The third-order valence-corrected chi connectivity index (χ3v) is 2.63. The zero-order valence-electron chi connectivity index (χ0n) is 7.47. The molecule has 0 N–H and O–H groups in total. The molecule has 0 saturated heterocycles. The molecule has 0 heterocycles. The minimum absolute atomic E-state index is 0.240. The van der Waals surface area contributed by atoms with Crippen molar-refractivity contribution in [1.29, 1.82) is 0 Å². The van der Waals surface area contributed by atoms with Crippen molar-refractivity contribution in [3.05, 3.63) is 0 Å². The quantitative estimate of drug-likeness (QED) is 0.553. The lowest BCUT2D eigenvalue weighted by Gasteiger charge is -2.27. The van der Waals surface area contributed by atoms with Gasteiger partial charge in [0, 0.05) is 0 Å². The van der Waals surface area contributed by atoms with Gasteiger partial charge in [-0.05, 0) is 12.8 Å². The first-order valence-corrected chi connectivity index (χ1v) is 4.55. The van der Waals surface area contributed by atoms with Gasteiger partial charge in [-0.15, -0.1) is 0 Å². The smallest absolute Gasteiger partial charge is 0.205 e. The van der Waals surface area contributed by atoms with Crippen molar-refractivity contribution in [1.82, 2.24) is 0 Å². The van der Waals surface area contributed by atoms with Crippen LogP contribution in [0.2, 0.25) is 5.82 Å². The second-order valence-electron chi connectivity index (χ2n) is 3.70. The van der Waals surface area contributed by atoms with Crippen molar-refractivity contribution in [2.45, 2.75) is 45.3 Å². The summed E-state index contributed by atoms with van der Waals surface area (Å²) in [6.07, 6.45) is 5.18. The van der Waals surface area contributed by atoms with Gasteiger partial charge < -0.3 is 4.79 Å². The molecule has 0 aliphatic heterocycles. The Morgan fingerprint density at radius 2 is 2.00 bits per heavy atom. The molecular formula is C9H16BO. The van der Waals surface area contributed by atoms with Crippen LogP contribution in [0.4, 0.5) is 0 Å². The lowest BCUT2D eigenvalue weighted by atomic mass is 9.53. The van der Waals surface area contributed by atoms with Crippen LogP contribution >= 0.6 is 0 Å². The van der Waals surface area contributed by atoms with Crippen LogP contribution in [0, 0.1) is 5.92 Å². The maximum atomic E-state index is 10.8. The summed E-state index contributed by atoms with van der Waals surface area (Å²) in [6.45, 7) is 3.91. The minimum atomic E-state index is 0.240. The van der Waals surface area contributed by atoms with E-state index in [1.54, 1.807) is 6.92 Å². The maximum absolute atomic E-state index is 10.8. The fraction of sp³-hybridized carbons (Fsp3) is 0.889. The molecule has 0 bridgehead atoms. The fourth-order valence-electron chi connectivity index (χ4n) is 1.89. The van der Waals surface area contributed by atoms with E-state index in [1.807, 2.05) is 7.28 Å². The summed E-state index contributed by atoms with van der Waals surface area (Å²) in [7, 11) is 1.91. The van der Waals surface area contributed by atoms with Gasteiger partial charge in [0.15, 0.2) is 0 Å². The topological polar surface area (TPSA) is 17.1 Å². The Kier molecular flexibility index (Phi) is 3.16. The SMILES string of the molecule is CC(=O)[B]C1CCCCC1C. The third-order valence-electron chi connectivity index (χ3n) is 2.63. The zero-order valence-corrected chi connectivity index (χ0v) is 7.47. The largest absolute Gasteiger partial charge is 0.312 e. The number of hydrogen-bond acceptors (Lipinski definition) is 1. The summed E-state index contributed by atoms with van der Waals surface area (Å²) in [5.41, 5.74) is 0.240. The highest BCUT2D eigenvalue weighted by Gasteiger charge is 2.23. The Morgan fingerprint density at radius 1 is 1.36 bits per heavy atom. The van der Waals surface area contributed by atoms with Gasteiger partial charge in [0.2, 0.25) is 7.28 Å². The highest BCUT2D eigenvalue weighted by molar-refractivity contribution is 6.74. The van der Waals surface area contributed by atoms with E-state index in [-0.39, 0.29) is 5.68 Å². The molecule has 1 rings (SSSR count). The molecule has 1 nitrogen and oxygen atoms in total. The molecule has 1 aliphatic carbocycles. The van der Waals surface area contributed by atoms with Crippen LogP contribution in [0.3, 0.4) is 0 Å². The highest BCUT2D eigenvalue weighted by Crippen LogP contribution is 2.33. The van der Waals surface area contributed by atoms with Gasteiger partial charge in [0.25, 0.3) is 0 Å². The average Bonchev–Trinajstić information content (AvgIpc) is 1.93. The van der Waals surface area contributed by atoms with E-state index in [1.165, 1.54) is 25.7 Å². The Bertz CT molecular complexity index is 144. The van der Waals surface area contributed by atoms with Crippen molar-refractivity contribution in [2.75, 3.05) is 0 Å². The molecule has 1 saturated carbocycles. The first-order chi connectivity index (χ1) is 5.20. The van der Waals surface area contributed by atoms with Crippen LogP contribution in [-0.4, -0.2) is 13.0 Å². The monoisotopic (exact) mass is 151 g/mol. The average molecular weight is 151 g/mol. The molecule has 61 valence electrons. The minimum Gasteiger partial charge on any atom is -0.312 e. The summed E-state index contributed by atoms with van der Waals surface area (Å²) in [4.78, 5) is 10.8. The van der Waals surface area contributed by atoms with Gasteiger partial charge in [-0.1, -0.05) is 38.4 Å². The van der Waals surface area contributed by atoms with E-state index >= 15 is 0 Å². The van der Waals surface area contributed by atoms with Crippen LogP contribution in [0.5, 0.6) is 0 Å². The van der Waals surface area contributed by atoms with E-state index in [4.69, 9.17) is 0 Å². The summed E-state index contributed by atoms with van der Waals surface area (Å²) in [5.74, 6) is 1.30. The van der Waals surface area contributed by atoms with Gasteiger partial charge in [0.1, 0.15) is 0 Å². The molecule has 0 aromatic heterocycles. The molecule has 1 radical (unpaired) electrons. The molecule has 2 unspecified atom stereocenters. The summed E-state index contributed by atoms with van der Waals surface area (Å²) in [5, 5.41) is 0. The number of carbonyl (C=O) groups excluding carboxylic acids is 1. The molecule has 0 aromatic rings. The van der Waals surface area contributed by atoms with E-state index < -0.39 is 0 Å². The van der Waals surface area contributed by atoms with Crippen molar-refractivity contribution in [2.24, 2.45) is 5.92 Å². The van der Waals surface area contributed by atoms with Crippen molar-refractivity contribution in [3.63, 3.8) is 0 Å². The van der Waals surface area contributed by atoms with E-state index in [9.17, 15) is 4.79 Å². The second kappa shape index (κ2) is 3.94. The van der Waals surface area contributed by atoms with Gasteiger partial charge in [-0.25, -0.2) is 0 Å². The maximum Gasteiger partial charge on any atom is 0.205 e. The standard InChI is InChI=1S/C9H16BO/c1-7-5-3-4-6-9(7)10-8(2)11/h7,9H,3-6H2,1-2H3. The molecule has 0 aromatic carbocycles. The molecule has 1 aliphatic rings. The van der Waals surface area contributed by atoms with Crippen molar-refractivity contribution < 1.29 is 4.79 Å². The highest BCUT2D eigenvalue weighted by atomic mass is 16.1. The Morgan fingerprint density at radius 3 is 2.55 bits per heavy atom. The predicted molar refractivity (Wildman–Crippen MR) is 47.8 cm³/mol. The predicted octanol–water partition coefficient (Wildman–Crippen LogP) is 2.24. The Labute approximate surface area is 69.8 Å². The molecule has 0 amide bonds. The molecule has 2 heteroatoms. The van der Waals surface area contributed by atoms with Crippen LogP contribution in [-0.2, 0) is 4.79 Å². The summed E-state index contributed by atoms with van der Waals surface area (Å²) in [6, 6.07) is 0.